The summed E-state index contributed by atoms with van der Waals surface area (Å²) in [5.74, 6) is 0.113. The van der Waals surface area contributed by atoms with Crippen LogP contribution < -0.4 is 4.74 Å². The lowest BCUT2D eigenvalue weighted by atomic mass is 10.1. The molecule has 1 aromatic heterocycles. The Bertz CT molecular complexity index is 560. The van der Waals surface area contributed by atoms with Gasteiger partial charge in [-0.1, -0.05) is 17.7 Å². The molecule has 1 atom stereocenters. The van der Waals surface area contributed by atoms with Gasteiger partial charge in [0.05, 0.1) is 22.9 Å². The largest absolute Gasteiger partial charge is 0.455 e. The van der Waals surface area contributed by atoms with Gasteiger partial charge in [0.25, 0.3) is 0 Å². The van der Waals surface area contributed by atoms with Crippen LogP contribution in [0.25, 0.3) is 0 Å². The quantitative estimate of drug-likeness (QED) is 0.922. The summed E-state index contributed by atoms with van der Waals surface area (Å²) in [6, 6.07) is 5.91. The zero-order chi connectivity index (χ0) is 13.1. The highest BCUT2D eigenvalue weighted by atomic mass is 35.5. The Morgan fingerprint density at radius 3 is 2.83 bits per heavy atom. The number of benzene rings is 1. The number of pyridine rings is 1. The summed E-state index contributed by atoms with van der Waals surface area (Å²) in [5.41, 5.74) is 0.109. The lowest BCUT2D eigenvalue weighted by molar-refractivity contribution is 0.190. The number of ether oxygens (including phenoxy) is 1. The molecule has 0 aliphatic heterocycles. The number of rotatable bonds is 3. The van der Waals surface area contributed by atoms with Gasteiger partial charge in [-0.25, -0.2) is 4.39 Å². The van der Waals surface area contributed by atoms with E-state index in [0.717, 1.165) is 0 Å². The van der Waals surface area contributed by atoms with Crippen molar-refractivity contribution in [3.63, 3.8) is 0 Å². The van der Waals surface area contributed by atoms with Gasteiger partial charge < -0.3 is 9.84 Å². The molecule has 1 heterocycles. The van der Waals surface area contributed by atoms with Gasteiger partial charge in [-0.2, -0.15) is 0 Å². The molecule has 0 fully saturated rings. The average Bonchev–Trinajstić information content (AvgIpc) is 2.28. The minimum Gasteiger partial charge on any atom is -0.455 e. The van der Waals surface area contributed by atoms with Crippen molar-refractivity contribution in [2.24, 2.45) is 0 Å². The smallest absolute Gasteiger partial charge is 0.147 e. The van der Waals surface area contributed by atoms with Crippen molar-refractivity contribution in [1.29, 1.82) is 0 Å². The van der Waals surface area contributed by atoms with E-state index in [4.69, 9.17) is 16.3 Å². The van der Waals surface area contributed by atoms with Crippen molar-refractivity contribution >= 4 is 11.6 Å². The van der Waals surface area contributed by atoms with Gasteiger partial charge in [0.1, 0.15) is 17.3 Å². The van der Waals surface area contributed by atoms with Gasteiger partial charge in [-0.05, 0) is 19.1 Å². The normalized spacial score (nSPS) is 12.2. The van der Waals surface area contributed by atoms with Crippen LogP contribution in [0.2, 0.25) is 5.02 Å². The highest BCUT2D eigenvalue weighted by Gasteiger charge is 2.15. The van der Waals surface area contributed by atoms with Crippen LogP contribution in [-0.4, -0.2) is 10.1 Å². The highest BCUT2D eigenvalue weighted by molar-refractivity contribution is 6.30. The highest BCUT2D eigenvalue weighted by Crippen LogP contribution is 2.31. The molecule has 0 aliphatic carbocycles. The number of hydrogen-bond acceptors (Lipinski definition) is 3. The molecule has 0 saturated carbocycles. The Hall–Kier alpha value is -1.65. The van der Waals surface area contributed by atoms with Crippen LogP contribution in [-0.2, 0) is 0 Å². The van der Waals surface area contributed by atoms with Crippen LogP contribution in [0.5, 0.6) is 11.5 Å². The van der Waals surface area contributed by atoms with E-state index in [1.807, 2.05) is 0 Å². The van der Waals surface area contributed by atoms with Crippen LogP contribution in [0.3, 0.4) is 0 Å². The SMILES string of the molecule is C[C@@H](O)c1c(F)cccc1Oc1cncc(Cl)c1. The number of nitrogens with zero attached hydrogens (tertiary/aromatic N) is 1. The summed E-state index contributed by atoms with van der Waals surface area (Å²) in [6.07, 6.45) is 1.96. The Morgan fingerprint density at radius 1 is 1.39 bits per heavy atom. The van der Waals surface area contributed by atoms with Crippen molar-refractivity contribution < 1.29 is 14.2 Å². The molecular weight excluding hydrogens is 257 g/mol. The minimum absolute atomic E-state index is 0.109. The van der Waals surface area contributed by atoms with Crippen molar-refractivity contribution in [1.82, 2.24) is 4.98 Å². The summed E-state index contributed by atoms with van der Waals surface area (Å²) in [4.78, 5) is 3.86. The Labute approximate surface area is 109 Å². The van der Waals surface area contributed by atoms with Crippen LogP contribution in [0.15, 0.2) is 36.7 Å². The molecule has 1 N–H and O–H groups in total. The number of halogens is 2. The second-order valence-corrected chi connectivity index (χ2v) is 4.20. The lowest BCUT2D eigenvalue weighted by Gasteiger charge is -2.13. The first-order valence-corrected chi connectivity index (χ1v) is 5.70. The molecule has 94 valence electrons. The topological polar surface area (TPSA) is 42.4 Å². The fourth-order valence-electron chi connectivity index (χ4n) is 1.59. The van der Waals surface area contributed by atoms with Crippen LogP contribution in [0.1, 0.15) is 18.6 Å². The predicted octanol–water partition coefficient (Wildman–Crippen LogP) is 3.72. The molecule has 2 aromatic rings. The van der Waals surface area contributed by atoms with E-state index < -0.39 is 11.9 Å². The first-order valence-electron chi connectivity index (χ1n) is 5.33. The molecule has 0 amide bonds. The maximum Gasteiger partial charge on any atom is 0.147 e. The van der Waals surface area contributed by atoms with E-state index in [1.165, 1.54) is 31.5 Å². The summed E-state index contributed by atoms with van der Waals surface area (Å²) < 4.78 is 19.1. The van der Waals surface area contributed by atoms with E-state index in [1.54, 1.807) is 12.1 Å². The molecule has 1 aromatic carbocycles. The van der Waals surface area contributed by atoms with Gasteiger partial charge in [0.15, 0.2) is 0 Å². The third-order valence-corrected chi connectivity index (χ3v) is 2.54. The molecule has 18 heavy (non-hydrogen) atoms. The number of hydrogen-bond donors (Lipinski definition) is 1. The molecule has 2 rings (SSSR count). The first kappa shape index (κ1) is 12.8. The maximum atomic E-state index is 13.6. The van der Waals surface area contributed by atoms with E-state index in [2.05, 4.69) is 4.98 Å². The predicted molar refractivity (Wildman–Crippen MR) is 66.4 cm³/mol. The van der Waals surface area contributed by atoms with Gasteiger partial charge in [-0.3, -0.25) is 4.98 Å². The lowest BCUT2D eigenvalue weighted by Crippen LogP contribution is -1.99. The maximum absolute atomic E-state index is 13.6. The Morgan fingerprint density at radius 2 is 2.17 bits per heavy atom. The average molecular weight is 268 g/mol. The number of aliphatic hydroxyl groups is 1. The third kappa shape index (κ3) is 2.78. The molecular formula is C13H11ClFNO2. The summed E-state index contributed by atoms with van der Waals surface area (Å²) in [5, 5.41) is 9.98. The second kappa shape index (κ2) is 5.33. The van der Waals surface area contributed by atoms with Crippen molar-refractivity contribution in [3.8, 4) is 11.5 Å². The summed E-state index contributed by atoms with van der Waals surface area (Å²) in [7, 11) is 0. The molecule has 0 saturated heterocycles. The fraction of sp³-hybridized carbons (Fsp3) is 0.154. The first-order chi connectivity index (χ1) is 8.58. The number of aromatic nitrogens is 1. The van der Waals surface area contributed by atoms with Gasteiger partial charge in [0.2, 0.25) is 0 Å². The van der Waals surface area contributed by atoms with E-state index in [-0.39, 0.29) is 11.3 Å². The van der Waals surface area contributed by atoms with E-state index in [9.17, 15) is 9.50 Å². The van der Waals surface area contributed by atoms with Crippen molar-refractivity contribution in [3.05, 3.63) is 53.1 Å². The summed E-state index contributed by atoms with van der Waals surface area (Å²) in [6.45, 7) is 1.47. The Balaban J connectivity index is 2.37. The fourth-order valence-corrected chi connectivity index (χ4v) is 1.75. The molecule has 5 heteroatoms. The molecule has 0 aliphatic rings. The Kier molecular flexibility index (Phi) is 3.79. The van der Waals surface area contributed by atoms with Crippen LogP contribution in [0, 0.1) is 5.82 Å². The van der Waals surface area contributed by atoms with Crippen LogP contribution >= 0.6 is 11.6 Å². The summed E-state index contributed by atoms with van der Waals surface area (Å²) >= 11 is 5.78. The number of aliphatic hydroxyl groups excluding tert-OH is 1. The monoisotopic (exact) mass is 267 g/mol. The third-order valence-electron chi connectivity index (χ3n) is 2.34. The zero-order valence-electron chi connectivity index (χ0n) is 9.60. The second-order valence-electron chi connectivity index (χ2n) is 3.77. The zero-order valence-corrected chi connectivity index (χ0v) is 10.4. The van der Waals surface area contributed by atoms with Crippen molar-refractivity contribution in [2.45, 2.75) is 13.0 Å². The van der Waals surface area contributed by atoms with Gasteiger partial charge in [0, 0.05) is 12.3 Å². The minimum atomic E-state index is -0.964. The van der Waals surface area contributed by atoms with E-state index >= 15 is 0 Å². The van der Waals surface area contributed by atoms with Crippen LogP contribution in [0.4, 0.5) is 4.39 Å². The molecule has 3 nitrogen and oxygen atoms in total. The van der Waals surface area contributed by atoms with Crippen molar-refractivity contribution in [2.75, 3.05) is 0 Å². The standard InChI is InChI=1S/C13H11ClFNO2/c1-8(17)13-11(15)3-2-4-12(13)18-10-5-9(14)6-16-7-10/h2-8,17H,1H3/t8-/m1/s1. The van der Waals surface area contributed by atoms with Gasteiger partial charge >= 0.3 is 0 Å². The van der Waals surface area contributed by atoms with E-state index in [0.29, 0.717) is 10.8 Å². The molecule has 0 bridgehead atoms. The van der Waals surface area contributed by atoms with Gasteiger partial charge in [-0.15, -0.1) is 0 Å². The molecule has 0 spiro atoms. The molecule has 0 radical (unpaired) electrons. The molecule has 0 unspecified atom stereocenters.